The van der Waals surface area contributed by atoms with Crippen molar-refractivity contribution in [3.05, 3.63) is 60.9 Å². The van der Waals surface area contributed by atoms with E-state index >= 15 is 0 Å². The van der Waals surface area contributed by atoms with Gasteiger partial charge < -0.3 is 4.74 Å². The Morgan fingerprint density at radius 1 is 1.33 bits per heavy atom. The van der Waals surface area contributed by atoms with Gasteiger partial charge in [-0.1, -0.05) is 40.6 Å². The third-order valence-electron chi connectivity index (χ3n) is 3.15. The van der Waals surface area contributed by atoms with Gasteiger partial charge in [0.2, 0.25) is 4.96 Å². The smallest absolute Gasteiger partial charge is 0.310 e. The van der Waals surface area contributed by atoms with Gasteiger partial charge in [0.05, 0.1) is 6.42 Å². The Kier molecular flexibility index (Phi) is 4.84. The zero-order chi connectivity index (χ0) is 17.3. The van der Waals surface area contributed by atoms with Gasteiger partial charge in [0.15, 0.2) is 5.01 Å². The Bertz CT molecular complexity index is 963. The summed E-state index contributed by atoms with van der Waals surface area (Å²) in [5.74, 6) is -0.485. The van der Waals surface area contributed by atoms with Gasteiger partial charge in [-0.3, -0.25) is 9.59 Å². The number of carbonyl (C=O) groups is 1. The fourth-order valence-corrected chi connectivity index (χ4v) is 3.45. The largest absolute Gasteiger partial charge is 0.458 e. The van der Waals surface area contributed by atoms with Crippen LogP contribution in [0.1, 0.15) is 16.3 Å². The van der Waals surface area contributed by atoms with Crippen LogP contribution in [-0.4, -0.2) is 20.6 Å². The van der Waals surface area contributed by atoms with Crippen molar-refractivity contribution in [3.63, 3.8) is 0 Å². The number of ether oxygens (including phenoxy) is 1. The topological polar surface area (TPSA) is 73.6 Å². The summed E-state index contributed by atoms with van der Waals surface area (Å²) in [6.45, 7) is 1.68. The van der Waals surface area contributed by atoms with Gasteiger partial charge >= 0.3 is 5.97 Å². The zero-order valence-corrected chi connectivity index (χ0v) is 14.8. The van der Waals surface area contributed by atoms with Crippen LogP contribution in [0.25, 0.3) is 4.96 Å². The fourth-order valence-electron chi connectivity index (χ4n) is 2.06. The number of hydrogen-bond donors (Lipinski definition) is 0. The monoisotopic (exact) mass is 383 g/mol. The van der Waals surface area contributed by atoms with E-state index in [1.54, 1.807) is 25.1 Å². The maximum atomic E-state index is 12.0. The molecule has 0 aliphatic rings. The Hall–Kier alpha value is -1.96. The molecule has 0 radical (unpaired) electrons. The van der Waals surface area contributed by atoms with Gasteiger partial charge in [0.1, 0.15) is 6.61 Å². The highest BCUT2D eigenvalue weighted by Gasteiger charge is 2.14. The van der Waals surface area contributed by atoms with Crippen molar-refractivity contribution < 1.29 is 9.53 Å². The lowest BCUT2D eigenvalue weighted by Crippen LogP contribution is -2.14. The van der Waals surface area contributed by atoms with Gasteiger partial charge in [-0.15, -0.1) is 0 Å². The molecular formula is C15H11Cl2N3O3S. The molecule has 0 saturated carbocycles. The van der Waals surface area contributed by atoms with Crippen molar-refractivity contribution >= 4 is 45.5 Å². The van der Waals surface area contributed by atoms with Crippen LogP contribution in [0, 0.1) is 6.92 Å². The minimum absolute atomic E-state index is 0.0410. The molecule has 0 spiro atoms. The number of halogens is 2. The predicted molar refractivity (Wildman–Crippen MR) is 91.8 cm³/mol. The van der Waals surface area contributed by atoms with Crippen molar-refractivity contribution in [3.8, 4) is 0 Å². The molecule has 0 aliphatic heterocycles. The van der Waals surface area contributed by atoms with Gasteiger partial charge in [-0.2, -0.15) is 9.61 Å². The highest BCUT2D eigenvalue weighted by molar-refractivity contribution is 7.16. The first-order valence-electron chi connectivity index (χ1n) is 6.89. The highest BCUT2D eigenvalue weighted by atomic mass is 35.5. The van der Waals surface area contributed by atoms with Crippen molar-refractivity contribution in [2.45, 2.75) is 20.0 Å². The maximum Gasteiger partial charge on any atom is 0.310 e. The second-order valence-corrected chi connectivity index (χ2v) is 6.82. The second kappa shape index (κ2) is 6.88. The number of aryl methyl sites for hydroxylation is 1. The summed E-state index contributed by atoms with van der Waals surface area (Å²) in [4.78, 5) is 28.5. The van der Waals surface area contributed by atoms with E-state index in [0.717, 1.165) is 0 Å². The fraction of sp³-hybridized carbons (Fsp3) is 0.200. The SMILES string of the molecule is Cc1cc(=O)n2nc(COC(=O)Cc3c(Cl)cccc3Cl)sc2n1. The summed E-state index contributed by atoms with van der Waals surface area (Å²) < 4.78 is 6.38. The van der Waals surface area contributed by atoms with Crippen LogP contribution >= 0.6 is 34.5 Å². The van der Waals surface area contributed by atoms with Crippen molar-refractivity contribution in [2.24, 2.45) is 0 Å². The van der Waals surface area contributed by atoms with E-state index in [9.17, 15) is 9.59 Å². The minimum Gasteiger partial charge on any atom is -0.458 e. The quantitative estimate of drug-likeness (QED) is 0.647. The summed E-state index contributed by atoms with van der Waals surface area (Å²) in [5, 5.41) is 5.39. The molecule has 3 aromatic rings. The number of hydrogen-bond acceptors (Lipinski definition) is 6. The summed E-state index contributed by atoms with van der Waals surface area (Å²) in [7, 11) is 0. The molecule has 3 rings (SSSR count). The Balaban J connectivity index is 1.70. The van der Waals surface area contributed by atoms with E-state index in [4.69, 9.17) is 27.9 Å². The average molecular weight is 384 g/mol. The van der Waals surface area contributed by atoms with E-state index in [2.05, 4.69) is 10.1 Å². The Labute approximate surface area is 150 Å². The van der Waals surface area contributed by atoms with Crippen molar-refractivity contribution in [1.29, 1.82) is 0 Å². The third-order valence-corrected chi connectivity index (χ3v) is 4.74. The average Bonchev–Trinajstić information content (AvgIpc) is 2.92. The maximum absolute atomic E-state index is 12.0. The van der Waals surface area contributed by atoms with Crippen molar-refractivity contribution in [2.75, 3.05) is 0 Å². The van der Waals surface area contributed by atoms with Gasteiger partial charge in [0.25, 0.3) is 5.56 Å². The summed E-state index contributed by atoms with van der Waals surface area (Å²) in [6.07, 6.45) is -0.0410. The summed E-state index contributed by atoms with van der Waals surface area (Å²) in [6, 6.07) is 6.41. The molecule has 24 heavy (non-hydrogen) atoms. The molecule has 6 nitrogen and oxygen atoms in total. The molecule has 0 amide bonds. The van der Waals surface area contributed by atoms with Crippen LogP contribution in [0.4, 0.5) is 0 Å². The van der Waals surface area contributed by atoms with Gasteiger partial charge in [-0.05, 0) is 19.1 Å². The number of benzene rings is 1. The zero-order valence-electron chi connectivity index (χ0n) is 12.5. The van der Waals surface area contributed by atoms with Crippen LogP contribution in [0.15, 0.2) is 29.1 Å². The second-order valence-electron chi connectivity index (χ2n) is 4.96. The summed E-state index contributed by atoms with van der Waals surface area (Å²) >= 11 is 13.2. The molecule has 0 aliphatic carbocycles. The number of carbonyl (C=O) groups excluding carboxylic acids is 1. The first-order chi connectivity index (χ1) is 11.4. The lowest BCUT2D eigenvalue weighted by molar-refractivity contribution is -0.144. The van der Waals surface area contributed by atoms with E-state index in [1.807, 2.05) is 0 Å². The predicted octanol–water partition coefficient (Wildman–Crippen LogP) is 3.05. The van der Waals surface area contributed by atoms with Gasteiger partial charge in [-0.25, -0.2) is 4.98 Å². The van der Waals surface area contributed by atoms with Gasteiger partial charge in [0, 0.05) is 27.4 Å². The normalized spacial score (nSPS) is 11.0. The molecular weight excluding hydrogens is 373 g/mol. The number of rotatable bonds is 4. The lowest BCUT2D eigenvalue weighted by Gasteiger charge is -2.06. The highest BCUT2D eigenvalue weighted by Crippen LogP contribution is 2.25. The molecule has 2 heterocycles. The molecule has 1 aromatic carbocycles. The molecule has 0 unspecified atom stereocenters. The number of nitrogens with zero attached hydrogens (tertiary/aromatic N) is 3. The first-order valence-corrected chi connectivity index (χ1v) is 8.46. The molecule has 0 bridgehead atoms. The molecule has 9 heteroatoms. The van der Waals surface area contributed by atoms with Crippen LogP contribution in [-0.2, 0) is 22.6 Å². The standard InChI is InChI=1S/C15H11Cl2N3O3S/c1-8-5-13(21)20-15(18-8)24-12(19-20)7-23-14(22)6-9-10(16)3-2-4-11(9)17/h2-5H,6-7H2,1H3. The summed E-state index contributed by atoms with van der Waals surface area (Å²) in [5.41, 5.74) is 0.860. The van der Waals surface area contributed by atoms with E-state index in [1.165, 1.54) is 21.9 Å². The Morgan fingerprint density at radius 2 is 2.04 bits per heavy atom. The molecule has 0 atom stereocenters. The van der Waals surface area contributed by atoms with Crippen molar-refractivity contribution in [1.82, 2.24) is 14.6 Å². The van der Waals surface area contributed by atoms with E-state index in [0.29, 0.717) is 31.3 Å². The Morgan fingerprint density at radius 3 is 2.75 bits per heavy atom. The molecule has 0 N–H and O–H groups in total. The van der Waals surface area contributed by atoms with E-state index < -0.39 is 5.97 Å². The minimum atomic E-state index is -0.485. The number of esters is 1. The molecule has 0 fully saturated rings. The van der Waals surface area contributed by atoms with E-state index in [-0.39, 0.29) is 18.6 Å². The number of fused-ring (bicyclic) bond motifs is 1. The van der Waals surface area contributed by atoms with Crippen LogP contribution in [0.2, 0.25) is 10.0 Å². The molecule has 124 valence electrons. The first kappa shape index (κ1) is 16.9. The lowest BCUT2D eigenvalue weighted by atomic mass is 10.1. The molecule has 0 saturated heterocycles. The van der Waals surface area contributed by atoms with Crippen LogP contribution < -0.4 is 5.56 Å². The molecule has 2 aromatic heterocycles. The third kappa shape index (κ3) is 3.58. The van der Waals surface area contributed by atoms with Crippen LogP contribution in [0.3, 0.4) is 0 Å². The number of aromatic nitrogens is 3. The van der Waals surface area contributed by atoms with Crippen LogP contribution in [0.5, 0.6) is 0 Å².